The van der Waals surface area contributed by atoms with Gasteiger partial charge >= 0.3 is 0 Å². The Hall–Kier alpha value is -1.07. The topological polar surface area (TPSA) is 67.1 Å². The number of halogens is 1. The van der Waals surface area contributed by atoms with Crippen LogP contribution in [-0.2, 0) is 0 Å². The smallest absolute Gasteiger partial charge is 0.164 e. The fraction of sp³-hybridized carbons (Fsp3) is 0.556. The predicted octanol–water partition coefficient (Wildman–Crippen LogP) is 1.53. The summed E-state index contributed by atoms with van der Waals surface area (Å²) in [7, 11) is 0. The second kappa shape index (κ2) is 4.63. The summed E-state index contributed by atoms with van der Waals surface area (Å²) in [4.78, 5) is 7.87. The summed E-state index contributed by atoms with van der Waals surface area (Å²) in [6, 6.07) is 0. The third-order valence-corrected chi connectivity index (χ3v) is 2.81. The lowest BCUT2D eigenvalue weighted by Crippen LogP contribution is -2.35. The fourth-order valence-corrected chi connectivity index (χ4v) is 1.76. The van der Waals surface area contributed by atoms with Gasteiger partial charge in [0.05, 0.1) is 0 Å². The fourth-order valence-electron chi connectivity index (χ4n) is 1.62. The van der Waals surface area contributed by atoms with Crippen LogP contribution in [0.2, 0.25) is 5.02 Å². The van der Waals surface area contributed by atoms with Crippen LogP contribution >= 0.6 is 11.6 Å². The van der Waals surface area contributed by atoms with Crippen LogP contribution in [0.4, 0.5) is 11.6 Å². The summed E-state index contributed by atoms with van der Waals surface area (Å²) < 4.78 is 0. The van der Waals surface area contributed by atoms with Gasteiger partial charge in [0.1, 0.15) is 17.2 Å². The molecule has 0 unspecified atom stereocenters. The van der Waals surface area contributed by atoms with E-state index in [0.717, 1.165) is 13.1 Å². The summed E-state index contributed by atoms with van der Waals surface area (Å²) >= 11 is 5.97. The first-order valence-electron chi connectivity index (χ1n) is 5.05. The van der Waals surface area contributed by atoms with Crippen molar-refractivity contribution < 1.29 is 0 Å². The monoisotopic (exact) mass is 227 g/mol. The van der Waals surface area contributed by atoms with Gasteiger partial charge in [0, 0.05) is 13.1 Å². The standard InChI is InChI=1S/C9H14ClN5/c10-7-8(11)12-6-13-9(7)14-15-4-2-1-3-5-15/h6H,1-5H2,(H3,11,12,13,14). The van der Waals surface area contributed by atoms with Gasteiger partial charge < -0.3 is 11.2 Å². The molecule has 1 aromatic rings. The van der Waals surface area contributed by atoms with Crippen molar-refractivity contribution in [3.8, 4) is 0 Å². The Bertz CT molecular complexity index is 337. The van der Waals surface area contributed by atoms with Gasteiger partial charge in [0.25, 0.3) is 0 Å². The van der Waals surface area contributed by atoms with Crippen LogP contribution in [0.15, 0.2) is 6.33 Å². The molecule has 1 aliphatic rings. The second-order valence-corrected chi connectivity index (χ2v) is 3.96. The van der Waals surface area contributed by atoms with E-state index in [0.29, 0.717) is 16.7 Å². The van der Waals surface area contributed by atoms with Gasteiger partial charge in [0.15, 0.2) is 5.82 Å². The van der Waals surface area contributed by atoms with E-state index in [4.69, 9.17) is 17.3 Å². The molecule has 0 aromatic carbocycles. The number of nitrogens with zero attached hydrogens (tertiary/aromatic N) is 3. The normalized spacial score (nSPS) is 17.7. The number of hydrazine groups is 1. The van der Waals surface area contributed by atoms with Crippen molar-refractivity contribution in [2.75, 3.05) is 24.2 Å². The Morgan fingerprint density at radius 3 is 2.73 bits per heavy atom. The van der Waals surface area contributed by atoms with E-state index in [1.807, 2.05) is 0 Å². The summed E-state index contributed by atoms with van der Waals surface area (Å²) in [5, 5.41) is 2.50. The molecule has 0 aliphatic carbocycles. The molecule has 0 radical (unpaired) electrons. The van der Waals surface area contributed by atoms with Crippen LogP contribution in [-0.4, -0.2) is 28.1 Å². The number of nitrogens with two attached hydrogens (primary N) is 1. The Labute approximate surface area is 93.6 Å². The molecule has 82 valence electrons. The predicted molar refractivity (Wildman–Crippen MR) is 60.5 cm³/mol. The summed E-state index contributed by atoms with van der Waals surface area (Å²) in [6.07, 6.45) is 5.10. The number of nitrogen functional groups attached to an aromatic ring is 1. The molecule has 1 saturated heterocycles. The van der Waals surface area contributed by atoms with Crippen LogP contribution in [0.3, 0.4) is 0 Å². The molecule has 0 atom stereocenters. The number of anilines is 2. The minimum Gasteiger partial charge on any atom is -0.382 e. The molecule has 1 fully saturated rings. The van der Waals surface area contributed by atoms with Crippen LogP contribution < -0.4 is 11.2 Å². The maximum Gasteiger partial charge on any atom is 0.164 e. The van der Waals surface area contributed by atoms with Crippen molar-refractivity contribution in [1.82, 2.24) is 15.0 Å². The molecule has 0 bridgehead atoms. The molecule has 3 N–H and O–H groups in total. The maximum atomic E-state index is 5.97. The first-order valence-corrected chi connectivity index (χ1v) is 5.43. The molecule has 0 saturated carbocycles. The molecular formula is C9H14ClN5. The SMILES string of the molecule is Nc1ncnc(NN2CCCCC2)c1Cl. The van der Waals surface area contributed by atoms with Crippen molar-refractivity contribution >= 4 is 23.2 Å². The zero-order valence-electron chi connectivity index (χ0n) is 8.41. The molecule has 0 amide bonds. The first kappa shape index (κ1) is 10.4. The van der Waals surface area contributed by atoms with Crippen molar-refractivity contribution in [2.24, 2.45) is 0 Å². The number of hydrogen-bond donors (Lipinski definition) is 2. The number of aromatic nitrogens is 2. The zero-order valence-corrected chi connectivity index (χ0v) is 9.17. The quantitative estimate of drug-likeness (QED) is 0.802. The van der Waals surface area contributed by atoms with Gasteiger partial charge in [-0.1, -0.05) is 18.0 Å². The molecule has 2 heterocycles. The molecular weight excluding hydrogens is 214 g/mol. The highest BCUT2D eigenvalue weighted by Crippen LogP contribution is 2.24. The van der Waals surface area contributed by atoms with E-state index in [1.54, 1.807) is 0 Å². The van der Waals surface area contributed by atoms with E-state index >= 15 is 0 Å². The summed E-state index contributed by atoms with van der Waals surface area (Å²) in [6.45, 7) is 2.03. The van der Waals surface area contributed by atoms with E-state index in [9.17, 15) is 0 Å². The van der Waals surface area contributed by atoms with Gasteiger partial charge in [0.2, 0.25) is 0 Å². The van der Waals surface area contributed by atoms with E-state index in [2.05, 4.69) is 20.4 Å². The van der Waals surface area contributed by atoms with Crippen molar-refractivity contribution in [1.29, 1.82) is 0 Å². The highest BCUT2D eigenvalue weighted by molar-refractivity contribution is 6.35. The van der Waals surface area contributed by atoms with Gasteiger partial charge in [-0.15, -0.1) is 0 Å². The number of hydrogen-bond acceptors (Lipinski definition) is 5. The molecule has 1 aliphatic heterocycles. The molecule has 1 aromatic heterocycles. The maximum absolute atomic E-state index is 5.97. The zero-order chi connectivity index (χ0) is 10.7. The first-order chi connectivity index (χ1) is 7.27. The second-order valence-electron chi connectivity index (χ2n) is 3.58. The van der Waals surface area contributed by atoms with Crippen LogP contribution in [0, 0.1) is 0 Å². The lowest BCUT2D eigenvalue weighted by molar-refractivity contribution is 0.272. The van der Waals surface area contributed by atoms with Crippen LogP contribution in [0.25, 0.3) is 0 Å². The van der Waals surface area contributed by atoms with Gasteiger partial charge in [-0.05, 0) is 12.8 Å². The molecule has 15 heavy (non-hydrogen) atoms. The Balaban J connectivity index is 2.06. The molecule has 6 heteroatoms. The summed E-state index contributed by atoms with van der Waals surface area (Å²) in [5.74, 6) is 0.900. The third kappa shape index (κ3) is 2.49. The van der Waals surface area contributed by atoms with Crippen LogP contribution in [0.1, 0.15) is 19.3 Å². The third-order valence-electron chi connectivity index (χ3n) is 2.44. The number of rotatable bonds is 2. The Kier molecular flexibility index (Phi) is 3.23. The lowest BCUT2D eigenvalue weighted by Gasteiger charge is -2.27. The minimum atomic E-state index is 0.311. The average molecular weight is 228 g/mol. The molecule has 0 spiro atoms. The van der Waals surface area contributed by atoms with Gasteiger partial charge in [-0.25, -0.2) is 15.0 Å². The highest BCUT2D eigenvalue weighted by atomic mass is 35.5. The van der Waals surface area contributed by atoms with E-state index < -0.39 is 0 Å². The molecule has 2 rings (SSSR count). The highest BCUT2D eigenvalue weighted by Gasteiger charge is 2.13. The lowest BCUT2D eigenvalue weighted by atomic mass is 10.2. The van der Waals surface area contributed by atoms with Gasteiger partial charge in [-0.2, -0.15) is 0 Å². The Morgan fingerprint density at radius 2 is 2.00 bits per heavy atom. The van der Waals surface area contributed by atoms with Gasteiger partial charge in [-0.3, -0.25) is 0 Å². The van der Waals surface area contributed by atoms with Crippen LogP contribution in [0.5, 0.6) is 0 Å². The van der Waals surface area contributed by atoms with E-state index in [-0.39, 0.29) is 0 Å². The average Bonchev–Trinajstić information content (AvgIpc) is 2.26. The largest absolute Gasteiger partial charge is 0.382 e. The Morgan fingerprint density at radius 1 is 1.27 bits per heavy atom. The van der Waals surface area contributed by atoms with Crippen molar-refractivity contribution in [3.05, 3.63) is 11.3 Å². The van der Waals surface area contributed by atoms with Crippen molar-refractivity contribution in [2.45, 2.75) is 19.3 Å². The van der Waals surface area contributed by atoms with Crippen molar-refractivity contribution in [3.63, 3.8) is 0 Å². The number of piperidine rings is 1. The minimum absolute atomic E-state index is 0.311. The summed E-state index contributed by atoms with van der Waals surface area (Å²) in [5.41, 5.74) is 8.74. The molecule has 5 nitrogen and oxygen atoms in total. The number of nitrogens with one attached hydrogen (secondary N) is 1. The van der Waals surface area contributed by atoms with E-state index in [1.165, 1.54) is 25.6 Å².